The van der Waals surface area contributed by atoms with Gasteiger partial charge in [0.1, 0.15) is 17.2 Å². The van der Waals surface area contributed by atoms with Gasteiger partial charge in [0.2, 0.25) is 0 Å². The highest BCUT2D eigenvalue weighted by molar-refractivity contribution is 6.33. The highest BCUT2D eigenvalue weighted by Crippen LogP contribution is 2.24. The van der Waals surface area contributed by atoms with E-state index in [-0.39, 0.29) is 6.03 Å². The Hall–Kier alpha value is -3.45. The molecule has 2 aromatic heterocycles. The molecule has 142 valence electrons. The Balaban J connectivity index is 1.55. The summed E-state index contributed by atoms with van der Waals surface area (Å²) < 4.78 is 5.69. The number of aldehydes is 1. The van der Waals surface area contributed by atoms with Crippen molar-refractivity contribution in [1.29, 1.82) is 0 Å². The van der Waals surface area contributed by atoms with Gasteiger partial charge in [0.05, 0.1) is 10.7 Å². The standard InChI is InChI=1S/C20H17ClN4O3/c1-13-9-22-11-18(21)19(13)25-20(27)24-10-14-2-4-16(5-3-14)28-17-6-7-23-15(8-17)12-26/h2-9,11-12H,10H2,1H3,(H2,22,24,25,27). The Morgan fingerprint density at radius 2 is 1.96 bits per heavy atom. The number of aromatic nitrogens is 2. The molecule has 2 N–H and O–H groups in total. The van der Waals surface area contributed by atoms with Crippen LogP contribution < -0.4 is 15.4 Å². The van der Waals surface area contributed by atoms with Crippen LogP contribution in [0.4, 0.5) is 10.5 Å². The van der Waals surface area contributed by atoms with Gasteiger partial charge in [-0.15, -0.1) is 0 Å². The maximum Gasteiger partial charge on any atom is 0.319 e. The maximum atomic E-state index is 12.1. The number of nitrogens with zero attached hydrogens (tertiary/aromatic N) is 2. The minimum Gasteiger partial charge on any atom is -0.457 e. The van der Waals surface area contributed by atoms with Crippen molar-refractivity contribution in [1.82, 2.24) is 15.3 Å². The summed E-state index contributed by atoms with van der Waals surface area (Å²) in [4.78, 5) is 30.7. The molecular weight excluding hydrogens is 380 g/mol. The number of carbonyl (C=O) groups excluding carboxylic acids is 2. The highest BCUT2D eigenvalue weighted by atomic mass is 35.5. The second-order valence-corrected chi connectivity index (χ2v) is 6.31. The van der Waals surface area contributed by atoms with Gasteiger partial charge in [-0.2, -0.15) is 0 Å². The summed E-state index contributed by atoms with van der Waals surface area (Å²) in [6, 6.07) is 10.1. The van der Waals surface area contributed by atoms with E-state index < -0.39 is 0 Å². The molecule has 0 atom stereocenters. The van der Waals surface area contributed by atoms with Crippen molar-refractivity contribution in [2.24, 2.45) is 0 Å². The van der Waals surface area contributed by atoms with Crippen LogP contribution in [0.25, 0.3) is 0 Å². The molecule has 8 heteroatoms. The van der Waals surface area contributed by atoms with Gasteiger partial charge in [-0.1, -0.05) is 23.7 Å². The van der Waals surface area contributed by atoms with Gasteiger partial charge in [0.15, 0.2) is 6.29 Å². The lowest BCUT2D eigenvalue weighted by Crippen LogP contribution is -2.28. The van der Waals surface area contributed by atoms with Gasteiger partial charge in [-0.25, -0.2) is 4.79 Å². The van der Waals surface area contributed by atoms with Crippen LogP contribution in [0.15, 0.2) is 55.0 Å². The summed E-state index contributed by atoms with van der Waals surface area (Å²) in [5.41, 5.74) is 2.50. The van der Waals surface area contributed by atoms with E-state index in [2.05, 4.69) is 20.6 Å². The molecule has 3 aromatic rings. The fourth-order valence-electron chi connectivity index (χ4n) is 2.40. The fraction of sp³-hybridized carbons (Fsp3) is 0.100. The van der Waals surface area contributed by atoms with Gasteiger partial charge < -0.3 is 15.4 Å². The molecule has 7 nitrogen and oxygen atoms in total. The number of ether oxygens (including phenoxy) is 1. The summed E-state index contributed by atoms with van der Waals surface area (Å²) in [5.74, 6) is 1.13. The molecule has 2 heterocycles. The van der Waals surface area contributed by atoms with Crippen molar-refractivity contribution in [3.8, 4) is 11.5 Å². The number of benzene rings is 1. The third-order valence-electron chi connectivity index (χ3n) is 3.81. The number of rotatable bonds is 6. The molecule has 0 spiro atoms. The number of nitrogens with one attached hydrogen (secondary N) is 2. The molecule has 0 saturated heterocycles. The number of hydrogen-bond donors (Lipinski definition) is 2. The van der Waals surface area contributed by atoms with Crippen LogP contribution in [0.5, 0.6) is 11.5 Å². The maximum absolute atomic E-state index is 12.1. The molecule has 0 aliphatic rings. The van der Waals surface area contributed by atoms with Crippen LogP contribution in [0.1, 0.15) is 21.6 Å². The third kappa shape index (κ3) is 5.05. The van der Waals surface area contributed by atoms with Gasteiger partial charge in [-0.3, -0.25) is 14.8 Å². The monoisotopic (exact) mass is 396 g/mol. The molecule has 0 radical (unpaired) electrons. The first-order valence-electron chi connectivity index (χ1n) is 8.38. The summed E-state index contributed by atoms with van der Waals surface area (Å²) in [6.07, 6.45) is 5.27. The van der Waals surface area contributed by atoms with Crippen LogP contribution in [0, 0.1) is 6.92 Å². The first-order chi connectivity index (χ1) is 13.5. The molecule has 3 rings (SSSR count). The summed E-state index contributed by atoms with van der Waals surface area (Å²) >= 11 is 6.05. The number of amides is 2. The van der Waals surface area contributed by atoms with E-state index >= 15 is 0 Å². The van der Waals surface area contributed by atoms with E-state index in [1.165, 1.54) is 12.4 Å². The zero-order valence-electron chi connectivity index (χ0n) is 15.0. The van der Waals surface area contributed by atoms with E-state index in [9.17, 15) is 9.59 Å². The fourth-order valence-corrected chi connectivity index (χ4v) is 2.65. The Morgan fingerprint density at radius 1 is 1.18 bits per heavy atom. The minimum absolute atomic E-state index is 0.300. The largest absolute Gasteiger partial charge is 0.457 e. The second kappa shape index (κ2) is 8.96. The predicted molar refractivity (Wildman–Crippen MR) is 106 cm³/mol. The number of anilines is 1. The molecular formula is C20H17ClN4O3. The van der Waals surface area contributed by atoms with E-state index in [1.54, 1.807) is 30.5 Å². The average molecular weight is 397 g/mol. The second-order valence-electron chi connectivity index (χ2n) is 5.90. The van der Waals surface area contributed by atoms with Crippen LogP contribution in [-0.2, 0) is 6.54 Å². The Kier molecular flexibility index (Phi) is 6.18. The van der Waals surface area contributed by atoms with Crippen LogP contribution in [-0.4, -0.2) is 22.3 Å². The number of halogens is 1. The number of aryl methyl sites for hydroxylation is 1. The normalized spacial score (nSPS) is 10.2. The van der Waals surface area contributed by atoms with E-state index in [0.717, 1.165) is 11.1 Å². The quantitative estimate of drug-likeness (QED) is 0.603. The van der Waals surface area contributed by atoms with Crippen molar-refractivity contribution in [2.75, 3.05) is 5.32 Å². The van der Waals surface area contributed by atoms with Gasteiger partial charge in [0, 0.05) is 31.2 Å². The predicted octanol–water partition coefficient (Wildman–Crippen LogP) is 4.36. The SMILES string of the molecule is Cc1cncc(Cl)c1NC(=O)NCc1ccc(Oc2ccnc(C=O)c2)cc1. The number of carbonyl (C=O) groups is 2. The Labute approximate surface area is 166 Å². The minimum atomic E-state index is -0.366. The lowest BCUT2D eigenvalue weighted by atomic mass is 10.2. The molecule has 0 unspecified atom stereocenters. The summed E-state index contributed by atoms with van der Waals surface area (Å²) in [7, 11) is 0. The smallest absolute Gasteiger partial charge is 0.319 e. The van der Waals surface area contributed by atoms with E-state index in [1.807, 2.05) is 19.1 Å². The van der Waals surface area contributed by atoms with E-state index in [0.29, 0.717) is 40.7 Å². The van der Waals surface area contributed by atoms with Crippen molar-refractivity contribution < 1.29 is 14.3 Å². The topological polar surface area (TPSA) is 93.2 Å². The third-order valence-corrected chi connectivity index (χ3v) is 4.10. The van der Waals surface area contributed by atoms with Gasteiger partial charge >= 0.3 is 6.03 Å². The van der Waals surface area contributed by atoms with Crippen molar-refractivity contribution in [2.45, 2.75) is 13.5 Å². The average Bonchev–Trinajstić information content (AvgIpc) is 2.70. The lowest BCUT2D eigenvalue weighted by Gasteiger charge is -2.11. The lowest BCUT2D eigenvalue weighted by molar-refractivity contribution is 0.111. The van der Waals surface area contributed by atoms with E-state index in [4.69, 9.17) is 16.3 Å². The van der Waals surface area contributed by atoms with Gasteiger partial charge in [-0.05, 0) is 36.2 Å². The van der Waals surface area contributed by atoms with Gasteiger partial charge in [0.25, 0.3) is 0 Å². The van der Waals surface area contributed by atoms with Crippen molar-refractivity contribution >= 4 is 29.6 Å². The van der Waals surface area contributed by atoms with Crippen molar-refractivity contribution in [3.05, 3.63) is 76.8 Å². The first kappa shape index (κ1) is 19.3. The molecule has 1 aromatic carbocycles. The summed E-state index contributed by atoms with van der Waals surface area (Å²) in [5, 5.41) is 5.87. The zero-order chi connectivity index (χ0) is 19.9. The van der Waals surface area contributed by atoms with Crippen molar-refractivity contribution in [3.63, 3.8) is 0 Å². The van der Waals surface area contributed by atoms with Crippen LogP contribution in [0.3, 0.4) is 0 Å². The number of pyridine rings is 2. The molecule has 0 fully saturated rings. The molecule has 28 heavy (non-hydrogen) atoms. The molecule has 0 saturated carbocycles. The number of hydrogen-bond acceptors (Lipinski definition) is 5. The molecule has 0 aliphatic carbocycles. The van der Waals surface area contributed by atoms with Crippen LogP contribution in [0.2, 0.25) is 5.02 Å². The molecule has 0 bridgehead atoms. The zero-order valence-corrected chi connectivity index (χ0v) is 15.7. The van der Waals surface area contributed by atoms with Crippen LogP contribution >= 0.6 is 11.6 Å². The highest BCUT2D eigenvalue weighted by Gasteiger charge is 2.08. The first-order valence-corrected chi connectivity index (χ1v) is 8.76. The number of urea groups is 1. The summed E-state index contributed by atoms with van der Waals surface area (Å²) in [6.45, 7) is 2.15. The Bertz CT molecular complexity index is 973. The Morgan fingerprint density at radius 3 is 2.68 bits per heavy atom. The molecule has 0 aliphatic heterocycles. The molecule has 2 amide bonds.